The van der Waals surface area contributed by atoms with Crippen molar-refractivity contribution in [3.63, 3.8) is 0 Å². The minimum absolute atomic E-state index is 0.755. The van der Waals surface area contributed by atoms with Crippen molar-refractivity contribution in [2.45, 2.75) is 57.7 Å². The lowest BCUT2D eigenvalue weighted by Gasteiger charge is -2.45. The molecule has 3 aliphatic heterocycles. The van der Waals surface area contributed by atoms with Crippen LogP contribution in [0.2, 0.25) is 0 Å². The van der Waals surface area contributed by atoms with Gasteiger partial charge in [-0.1, -0.05) is 20.3 Å². The number of nitrogens with one attached hydrogen (secondary N) is 1. The van der Waals surface area contributed by atoms with Crippen LogP contribution in [0.5, 0.6) is 0 Å². The smallest absolute Gasteiger partial charge is 0.0267 e. The number of piperidine rings is 1. The van der Waals surface area contributed by atoms with E-state index in [1.54, 1.807) is 0 Å². The normalized spacial score (nSPS) is 39.2. The summed E-state index contributed by atoms with van der Waals surface area (Å²) in [5.74, 6) is 0.774. The minimum Gasteiger partial charge on any atom is -0.314 e. The highest BCUT2D eigenvalue weighted by Gasteiger charge is 2.41. The standard InChI is InChI=1S/C15H29N3/c1-12(2)15-11-16-7-10-18(15)14-6-9-17-8-4-3-5-13(14)17/h12-16H,3-11H2,1-2H3. The largest absolute Gasteiger partial charge is 0.314 e. The van der Waals surface area contributed by atoms with Crippen molar-refractivity contribution in [1.29, 1.82) is 0 Å². The first-order chi connectivity index (χ1) is 8.77. The highest BCUT2D eigenvalue weighted by Crippen LogP contribution is 2.32. The van der Waals surface area contributed by atoms with Gasteiger partial charge in [0.2, 0.25) is 0 Å². The monoisotopic (exact) mass is 251 g/mol. The molecule has 3 nitrogen and oxygen atoms in total. The summed E-state index contributed by atoms with van der Waals surface area (Å²) < 4.78 is 0. The summed E-state index contributed by atoms with van der Waals surface area (Å²) in [7, 11) is 0. The fourth-order valence-electron chi connectivity index (χ4n) is 4.38. The predicted molar refractivity (Wildman–Crippen MR) is 75.8 cm³/mol. The van der Waals surface area contributed by atoms with E-state index in [0.717, 1.165) is 24.0 Å². The molecule has 0 saturated carbocycles. The quantitative estimate of drug-likeness (QED) is 0.803. The number of hydrogen-bond donors (Lipinski definition) is 1. The molecule has 3 rings (SSSR count). The van der Waals surface area contributed by atoms with Gasteiger partial charge >= 0.3 is 0 Å². The van der Waals surface area contributed by atoms with Gasteiger partial charge in [0.05, 0.1) is 0 Å². The Morgan fingerprint density at radius 2 is 1.89 bits per heavy atom. The zero-order valence-electron chi connectivity index (χ0n) is 12.1. The number of fused-ring (bicyclic) bond motifs is 1. The summed E-state index contributed by atoms with van der Waals surface area (Å²) in [6.07, 6.45) is 5.74. The third-order valence-electron chi connectivity index (χ3n) is 5.34. The van der Waals surface area contributed by atoms with Crippen LogP contribution in [-0.2, 0) is 0 Å². The number of nitrogens with zero attached hydrogens (tertiary/aromatic N) is 2. The van der Waals surface area contributed by atoms with Crippen molar-refractivity contribution in [2.24, 2.45) is 5.92 Å². The van der Waals surface area contributed by atoms with Crippen LogP contribution in [0.15, 0.2) is 0 Å². The van der Waals surface area contributed by atoms with Gasteiger partial charge in [-0.3, -0.25) is 9.80 Å². The van der Waals surface area contributed by atoms with Crippen molar-refractivity contribution in [3.05, 3.63) is 0 Å². The van der Waals surface area contributed by atoms with E-state index < -0.39 is 0 Å². The summed E-state index contributed by atoms with van der Waals surface area (Å²) >= 11 is 0. The molecule has 0 spiro atoms. The van der Waals surface area contributed by atoms with E-state index in [2.05, 4.69) is 29.0 Å². The van der Waals surface area contributed by atoms with Crippen LogP contribution in [0.25, 0.3) is 0 Å². The molecule has 3 heterocycles. The first-order valence-corrected chi connectivity index (χ1v) is 7.98. The van der Waals surface area contributed by atoms with E-state index in [4.69, 9.17) is 0 Å². The van der Waals surface area contributed by atoms with Gasteiger partial charge in [-0.2, -0.15) is 0 Å². The zero-order chi connectivity index (χ0) is 12.5. The Bertz CT molecular complexity index is 279. The molecule has 0 aromatic heterocycles. The van der Waals surface area contributed by atoms with E-state index >= 15 is 0 Å². The highest BCUT2D eigenvalue weighted by atomic mass is 15.3. The van der Waals surface area contributed by atoms with Crippen molar-refractivity contribution in [1.82, 2.24) is 15.1 Å². The molecular formula is C15H29N3. The van der Waals surface area contributed by atoms with E-state index in [-0.39, 0.29) is 0 Å². The van der Waals surface area contributed by atoms with E-state index in [1.807, 2.05) is 0 Å². The molecule has 0 aromatic rings. The molecule has 1 N–H and O–H groups in total. The van der Waals surface area contributed by atoms with Gasteiger partial charge in [-0.15, -0.1) is 0 Å². The lowest BCUT2D eigenvalue weighted by molar-refractivity contribution is 0.0459. The number of rotatable bonds is 2. The van der Waals surface area contributed by atoms with Gasteiger partial charge < -0.3 is 5.32 Å². The Labute approximate surface area is 112 Å². The Balaban J connectivity index is 1.72. The topological polar surface area (TPSA) is 18.5 Å². The maximum atomic E-state index is 3.59. The van der Waals surface area contributed by atoms with E-state index in [0.29, 0.717) is 0 Å². The second-order valence-electron chi connectivity index (χ2n) is 6.71. The molecule has 3 saturated heterocycles. The average molecular weight is 251 g/mol. The Morgan fingerprint density at radius 3 is 2.72 bits per heavy atom. The molecule has 3 aliphatic rings. The first kappa shape index (κ1) is 12.9. The molecule has 3 fully saturated rings. The lowest BCUT2D eigenvalue weighted by Crippen LogP contribution is -2.60. The molecule has 0 aromatic carbocycles. The Hall–Kier alpha value is -0.120. The van der Waals surface area contributed by atoms with Crippen molar-refractivity contribution in [2.75, 3.05) is 32.7 Å². The van der Waals surface area contributed by atoms with Crippen LogP contribution in [0.1, 0.15) is 39.5 Å². The summed E-state index contributed by atoms with van der Waals surface area (Å²) in [6.45, 7) is 11.1. The molecule has 0 bridgehead atoms. The molecule has 3 heteroatoms. The fourth-order valence-corrected chi connectivity index (χ4v) is 4.38. The first-order valence-electron chi connectivity index (χ1n) is 7.98. The van der Waals surface area contributed by atoms with Crippen molar-refractivity contribution < 1.29 is 0 Å². The summed E-state index contributed by atoms with van der Waals surface area (Å²) in [5, 5.41) is 3.59. The molecule has 0 radical (unpaired) electrons. The third kappa shape index (κ3) is 2.33. The summed E-state index contributed by atoms with van der Waals surface area (Å²) in [6, 6.07) is 2.48. The maximum absolute atomic E-state index is 3.59. The van der Waals surface area contributed by atoms with Crippen LogP contribution < -0.4 is 5.32 Å². The lowest BCUT2D eigenvalue weighted by atomic mass is 9.93. The van der Waals surface area contributed by atoms with Crippen molar-refractivity contribution >= 4 is 0 Å². The zero-order valence-corrected chi connectivity index (χ0v) is 12.1. The van der Waals surface area contributed by atoms with Gasteiger partial charge in [-0.25, -0.2) is 0 Å². The third-order valence-corrected chi connectivity index (χ3v) is 5.34. The maximum Gasteiger partial charge on any atom is 0.0267 e. The van der Waals surface area contributed by atoms with Gasteiger partial charge in [0.1, 0.15) is 0 Å². The van der Waals surface area contributed by atoms with Crippen molar-refractivity contribution in [3.8, 4) is 0 Å². The van der Waals surface area contributed by atoms with Gasteiger partial charge in [0, 0.05) is 44.3 Å². The van der Waals surface area contributed by atoms with E-state index in [1.165, 1.54) is 58.4 Å². The second kappa shape index (κ2) is 5.48. The van der Waals surface area contributed by atoms with Gasteiger partial charge in [0.15, 0.2) is 0 Å². The number of hydrogen-bond acceptors (Lipinski definition) is 3. The van der Waals surface area contributed by atoms with Crippen LogP contribution in [-0.4, -0.2) is 60.6 Å². The average Bonchev–Trinajstić information content (AvgIpc) is 2.82. The molecule has 18 heavy (non-hydrogen) atoms. The van der Waals surface area contributed by atoms with Gasteiger partial charge in [0.25, 0.3) is 0 Å². The minimum atomic E-state index is 0.755. The number of piperazine rings is 1. The molecule has 3 unspecified atom stereocenters. The summed E-state index contributed by atoms with van der Waals surface area (Å²) in [4.78, 5) is 5.63. The van der Waals surface area contributed by atoms with Crippen LogP contribution in [0, 0.1) is 5.92 Å². The SMILES string of the molecule is CC(C)C1CNCCN1C1CCN2CCCCC12. The van der Waals surface area contributed by atoms with Gasteiger partial charge in [-0.05, 0) is 31.7 Å². The predicted octanol–water partition coefficient (Wildman–Crippen LogP) is 1.54. The highest BCUT2D eigenvalue weighted by molar-refractivity contribution is 4.99. The molecule has 0 aliphatic carbocycles. The van der Waals surface area contributed by atoms with E-state index in [9.17, 15) is 0 Å². The Morgan fingerprint density at radius 1 is 1.00 bits per heavy atom. The Kier molecular flexibility index (Phi) is 3.92. The van der Waals surface area contributed by atoms with Crippen LogP contribution >= 0.6 is 0 Å². The summed E-state index contributed by atoms with van der Waals surface area (Å²) in [5.41, 5.74) is 0. The van der Waals surface area contributed by atoms with Crippen LogP contribution in [0.3, 0.4) is 0 Å². The molecule has 104 valence electrons. The fraction of sp³-hybridized carbons (Fsp3) is 1.00. The molecule has 3 atom stereocenters. The van der Waals surface area contributed by atoms with Crippen LogP contribution in [0.4, 0.5) is 0 Å². The molecule has 0 amide bonds. The second-order valence-corrected chi connectivity index (χ2v) is 6.71. The molecular weight excluding hydrogens is 222 g/mol.